The van der Waals surface area contributed by atoms with Gasteiger partial charge in [0.05, 0.1) is 5.56 Å². The van der Waals surface area contributed by atoms with Gasteiger partial charge in [-0.2, -0.15) is 0 Å². The van der Waals surface area contributed by atoms with Gasteiger partial charge in [0, 0.05) is 32.4 Å². The highest BCUT2D eigenvalue weighted by atomic mass is 19.1. The van der Waals surface area contributed by atoms with E-state index in [1.807, 2.05) is 20.0 Å². The molecule has 168 valence electrons. The number of halogens is 1. The Balaban J connectivity index is 1.49. The second kappa shape index (κ2) is 8.22. The number of urea groups is 1. The van der Waals surface area contributed by atoms with Crippen molar-refractivity contribution in [3.63, 3.8) is 0 Å². The van der Waals surface area contributed by atoms with E-state index in [0.717, 1.165) is 23.0 Å². The molecule has 0 aliphatic carbocycles. The molecule has 2 N–H and O–H groups in total. The zero-order chi connectivity index (χ0) is 23.0. The summed E-state index contributed by atoms with van der Waals surface area (Å²) in [4.78, 5) is 45.2. The van der Waals surface area contributed by atoms with E-state index in [1.165, 1.54) is 12.1 Å². The monoisotopic (exact) mass is 439 g/mol. The van der Waals surface area contributed by atoms with Crippen LogP contribution in [0.3, 0.4) is 0 Å². The third-order valence-electron chi connectivity index (χ3n) is 6.22. The molecule has 0 saturated carbocycles. The summed E-state index contributed by atoms with van der Waals surface area (Å²) in [5, 5.41) is 4.77. The minimum absolute atomic E-state index is 0.0529. The summed E-state index contributed by atoms with van der Waals surface area (Å²) in [6.45, 7) is 7.85. The zero-order valence-corrected chi connectivity index (χ0v) is 18.4. The molecule has 3 heterocycles. The quantitative estimate of drug-likeness (QED) is 0.713. The van der Waals surface area contributed by atoms with Crippen LogP contribution in [0.15, 0.2) is 30.5 Å². The molecule has 1 atom stereocenters. The van der Waals surface area contributed by atoms with Gasteiger partial charge in [0.1, 0.15) is 17.2 Å². The maximum Gasteiger partial charge on any atom is 0.322 e. The van der Waals surface area contributed by atoms with Crippen molar-refractivity contribution in [1.29, 1.82) is 0 Å². The van der Waals surface area contributed by atoms with E-state index >= 15 is 0 Å². The third-order valence-corrected chi connectivity index (χ3v) is 6.22. The molecule has 32 heavy (non-hydrogen) atoms. The molecule has 1 unspecified atom stereocenters. The molecular formula is C23H26FN5O3. The fourth-order valence-corrected chi connectivity index (χ4v) is 4.43. The first-order valence-electron chi connectivity index (χ1n) is 10.7. The van der Waals surface area contributed by atoms with E-state index in [9.17, 15) is 18.8 Å². The smallest absolute Gasteiger partial charge is 0.322 e. The second-order valence-electron chi connectivity index (χ2n) is 8.29. The number of nitrogens with zero attached hydrogens (tertiary/aromatic N) is 3. The number of benzene rings is 1. The lowest BCUT2D eigenvalue weighted by atomic mass is 9.86. The van der Waals surface area contributed by atoms with Crippen LogP contribution in [0, 0.1) is 19.7 Å². The van der Waals surface area contributed by atoms with Gasteiger partial charge in [0.25, 0.3) is 11.8 Å². The SMILES string of the molecule is CCC1(c2ccc(C(=O)N3CCN(c4ncc(C)cc4C)CC3)c(F)c2)NC(=O)NC1=O. The molecule has 0 radical (unpaired) electrons. The summed E-state index contributed by atoms with van der Waals surface area (Å²) in [5.41, 5.74) is 1.10. The summed E-state index contributed by atoms with van der Waals surface area (Å²) < 4.78 is 15.0. The van der Waals surface area contributed by atoms with Crippen molar-refractivity contribution in [2.45, 2.75) is 32.7 Å². The molecule has 2 aliphatic heterocycles. The number of aromatic nitrogens is 1. The normalized spacial score (nSPS) is 20.9. The number of carbonyl (C=O) groups excluding carboxylic acids is 3. The van der Waals surface area contributed by atoms with Gasteiger partial charge in [-0.3, -0.25) is 14.9 Å². The van der Waals surface area contributed by atoms with Gasteiger partial charge in [-0.05, 0) is 49.1 Å². The number of amides is 4. The topological polar surface area (TPSA) is 94.6 Å². The van der Waals surface area contributed by atoms with E-state index < -0.39 is 29.2 Å². The van der Waals surface area contributed by atoms with Gasteiger partial charge in [0.15, 0.2) is 0 Å². The Kier molecular flexibility index (Phi) is 5.58. The van der Waals surface area contributed by atoms with Crippen molar-refractivity contribution in [1.82, 2.24) is 20.5 Å². The summed E-state index contributed by atoms with van der Waals surface area (Å²) >= 11 is 0. The molecule has 0 spiro atoms. The number of rotatable bonds is 4. The first-order chi connectivity index (χ1) is 15.2. The highest BCUT2D eigenvalue weighted by molar-refractivity contribution is 6.07. The van der Waals surface area contributed by atoms with E-state index in [4.69, 9.17) is 0 Å². The summed E-state index contributed by atoms with van der Waals surface area (Å²) in [6, 6.07) is 5.54. The van der Waals surface area contributed by atoms with Crippen LogP contribution in [-0.4, -0.2) is 53.9 Å². The molecule has 1 aromatic carbocycles. The fourth-order valence-electron chi connectivity index (χ4n) is 4.43. The van der Waals surface area contributed by atoms with Gasteiger partial charge in [-0.1, -0.05) is 19.1 Å². The average molecular weight is 439 g/mol. The number of hydrogen-bond donors (Lipinski definition) is 2. The number of pyridine rings is 1. The van der Waals surface area contributed by atoms with Crippen molar-refractivity contribution >= 4 is 23.7 Å². The Morgan fingerprint density at radius 3 is 2.44 bits per heavy atom. The number of carbonyl (C=O) groups is 3. The molecule has 1 aromatic heterocycles. The highest BCUT2D eigenvalue weighted by Gasteiger charge is 2.46. The predicted molar refractivity (Wildman–Crippen MR) is 117 cm³/mol. The van der Waals surface area contributed by atoms with Crippen molar-refractivity contribution in [3.05, 3.63) is 58.5 Å². The Labute approximate surface area is 185 Å². The Bertz CT molecular complexity index is 1100. The van der Waals surface area contributed by atoms with Crippen LogP contribution in [0.1, 0.15) is 40.4 Å². The van der Waals surface area contributed by atoms with Gasteiger partial charge in [-0.15, -0.1) is 0 Å². The molecule has 9 heteroatoms. The first-order valence-corrected chi connectivity index (χ1v) is 10.7. The first kappa shape index (κ1) is 21.7. The number of imide groups is 1. The Hall–Kier alpha value is -3.49. The minimum Gasteiger partial charge on any atom is -0.353 e. The molecule has 4 amide bonds. The van der Waals surface area contributed by atoms with Crippen molar-refractivity contribution in [2.24, 2.45) is 0 Å². The van der Waals surface area contributed by atoms with Crippen molar-refractivity contribution < 1.29 is 18.8 Å². The molecule has 2 aliphatic rings. The van der Waals surface area contributed by atoms with Crippen molar-refractivity contribution in [3.8, 4) is 0 Å². The molecular weight excluding hydrogens is 413 g/mol. The molecule has 0 bridgehead atoms. The van der Waals surface area contributed by atoms with Crippen LogP contribution in [0.5, 0.6) is 0 Å². The van der Waals surface area contributed by atoms with Gasteiger partial charge in [-0.25, -0.2) is 14.2 Å². The van der Waals surface area contributed by atoms with Crippen molar-refractivity contribution in [2.75, 3.05) is 31.1 Å². The third kappa shape index (κ3) is 3.68. The lowest BCUT2D eigenvalue weighted by Gasteiger charge is -2.36. The van der Waals surface area contributed by atoms with Crippen LogP contribution >= 0.6 is 0 Å². The molecule has 4 rings (SSSR count). The van der Waals surface area contributed by atoms with Crippen LogP contribution in [-0.2, 0) is 10.3 Å². The number of nitrogens with one attached hydrogen (secondary N) is 2. The molecule has 2 fully saturated rings. The minimum atomic E-state index is -1.33. The number of hydrogen-bond acceptors (Lipinski definition) is 5. The number of aryl methyl sites for hydroxylation is 2. The van der Waals surface area contributed by atoms with Crippen LogP contribution in [0.2, 0.25) is 0 Å². The summed E-state index contributed by atoms with van der Waals surface area (Å²) in [5.74, 6) is -0.736. The summed E-state index contributed by atoms with van der Waals surface area (Å²) in [7, 11) is 0. The van der Waals surface area contributed by atoms with Gasteiger partial charge < -0.3 is 15.1 Å². The van der Waals surface area contributed by atoms with E-state index in [1.54, 1.807) is 11.8 Å². The Morgan fingerprint density at radius 1 is 1.16 bits per heavy atom. The van der Waals surface area contributed by atoms with E-state index in [0.29, 0.717) is 31.7 Å². The van der Waals surface area contributed by atoms with Gasteiger partial charge >= 0.3 is 6.03 Å². The molecule has 8 nitrogen and oxygen atoms in total. The average Bonchev–Trinajstić information content (AvgIpc) is 3.07. The second-order valence-corrected chi connectivity index (χ2v) is 8.29. The lowest BCUT2D eigenvalue weighted by Crippen LogP contribution is -2.49. The largest absolute Gasteiger partial charge is 0.353 e. The molecule has 2 saturated heterocycles. The standard InChI is InChI=1S/C23H26FN5O3/c1-4-23(21(31)26-22(32)27-23)16-5-6-17(18(24)12-16)20(30)29-9-7-28(8-10-29)19-15(3)11-14(2)13-25-19/h5-6,11-13H,4,7-10H2,1-3H3,(H2,26,27,31,32). The van der Waals surface area contributed by atoms with Crippen LogP contribution < -0.4 is 15.5 Å². The Morgan fingerprint density at radius 2 is 1.88 bits per heavy atom. The van der Waals surface area contributed by atoms with Crippen LogP contribution in [0.4, 0.5) is 15.0 Å². The lowest BCUT2D eigenvalue weighted by molar-refractivity contribution is -0.124. The van der Waals surface area contributed by atoms with Gasteiger partial charge in [0.2, 0.25) is 0 Å². The van der Waals surface area contributed by atoms with E-state index in [-0.39, 0.29) is 12.0 Å². The highest BCUT2D eigenvalue weighted by Crippen LogP contribution is 2.30. The van der Waals surface area contributed by atoms with Crippen LogP contribution in [0.25, 0.3) is 0 Å². The number of anilines is 1. The van der Waals surface area contributed by atoms with E-state index in [2.05, 4.69) is 26.6 Å². The predicted octanol–water partition coefficient (Wildman–Crippen LogP) is 2.24. The maximum absolute atomic E-state index is 15.0. The summed E-state index contributed by atoms with van der Waals surface area (Å²) in [6.07, 6.45) is 2.08. The fraction of sp³-hybridized carbons (Fsp3) is 0.391. The molecule has 2 aromatic rings. The zero-order valence-electron chi connectivity index (χ0n) is 18.4. The number of piperazine rings is 1. The maximum atomic E-state index is 15.0.